The third-order valence-electron chi connectivity index (χ3n) is 3.27. The highest BCUT2D eigenvalue weighted by molar-refractivity contribution is 5.98. The molecule has 2 heterocycles. The second-order valence-electron chi connectivity index (χ2n) is 4.42. The molecule has 0 saturated carbocycles. The molecule has 3 rings (SSSR count). The molecule has 1 aliphatic heterocycles. The van der Waals surface area contributed by atoms with Gasteiger partial charge in [-0.2, -0.15) is 0 Å². The van der Waals surface area contributed by atoms with Gasteiger partial charge in [0.15, 0.2) is 0 Å². The van der Waals surface area contributed by atoms with Gasteiger partial charge in [-0.15, -0.1) is 0 Å². The highest BCUT2D eigenvalue weighted by Crippen LogP contribution is 2.20. The first-order valence-electron chi connectivity index (χ1n) is 5.88. The predicted molar refractivity (Wildman–Crippen MR) is 67.8 cm³/mol. The van der Waals surface area contributed by atoms with Gasteiger partial charge in [0.05, 0.1) is 5.52 Å². The van der Waals surface area contributed by atoms with Crippen molar-refractivity contribution >= 4 is 22.7 Å². The van der Waals surface area contributed by atoms with E-state index in [1.54, 1.807) is 21.8 Å². The minimum Gasteiger partial charge on any atom is -0.366 e. The molecular formula is C13H13N3O2. The normalized spacial score (nSPS) is 15.6. The summed E-state index contributed by atoms with van der Waals surface area (Å²) < 4.78 is 1.80. The van der Waals surface area contributed by atoms with Crippen molar-refractivity contribution in [3.63, 3.8) is 0 Å². The van der Waals surface area contributed by atoms with Crippen LogP contribution in [0.4, 0.5) is 0 Å². The maximum Gasteiger partial charge on any atom is 0.248 e. The Kier molecular flexibility index (Phi) is 2.33. The van der Waals surface area contributed by atoms with E-state index in [0.29, 0.717) is 18.5 Å². The van der Waals surface area contributed by atoms with E-state index in [9.17, 15) is 9.59 Å². The molecule has 2 amide bonds. The Hall–Kier alpha value is -2.30. The second-order valence-corrected chi connectivity index (χ2v) is 4.42. The van der Waals surface area contributed by atoms with Crippen LogP contribution in [0, 0.1) is 0 Å². The SMILES string of the molecule is NC(=O)c1ccc2ccn(N3CCCC3=O)c2c1. The van der Waals surface area contributed by atoms with Crippen molar-refractivity contribution in [1.82, 2.24) is 4.68 Å². The van der Waals surface area contributed by atoms with Crippen LogP contribution in [0.1, 0.15) is 23.2 Å². The van der Waals surface area contributed by atoms with Gasteiger partial charge in [-0.05, 0) is 24.6 Å². The number of nitrogens with two attached hydrogens (primary N) is 1. The first-order chi connectivity index (χ1) is 8.66. The Labute approximate surface area is 104 Å². The largest absolute Gasteiger partial charge is 0.366 e. The van der Waals surface area contributed by atoms with E-state index in [2.05, 4.69) is 0 Å². The predicted octanol–water partition coefficient (Wildman–Crippen LogP) is 0.999. The van der Waals surface area contributed by atoms with Gasteiger partial charge in [0, 0.05) is 30.1 Å². The van der Waals surface area contributed by atoms with Crippen molar-refractivity contribution in [3.05, 3.63) is 36.0 Å². The highest BCUT2D eigenvalue weighted by atomic mass is 16.2. The summed E-state index contributed by atoms with van der Waals surface area (Å²) in [4.78, 5) is 22.9. The van der Waals surface area contributed by atoms with Crippen LogP contribution >= 0.6 is 0 Å². The first-order valence-corrected chi connectivity index (χ1v) is 5.88. The molecule has 0 radical (unpaired) electrons. The number of carbonyl (C=O) groups is 2. The lowest BCUT2D eigenvalue weighted by Gasteiger charge is -2.18. The summed E-state index contributed by atoms with van der Waals surface area (Å²) in [5.74, 6) is -0.352. The van der Waals surface area contributed by atoms with E-state index in [-0.39, 0.29) is 5.91 Å². The lowest BCUT2D eigenvalue weighted by molar-refractivity contribution is -0.118. The number of rotatable bonds is 2. The lowest BCUT2D eigenvalue weighted by Crippen LogP contribution is -2.34. The van der Waals surface area contributed by atoms with Gasteiger partial charge in [-0.3, -0.25) is 14.3 Å². The fraction of sp³-hybridized carbons (Fsp3) is 0.231. The van der Waals surface area contributed by atoms with Crippen molar-refractivity contribution in [3.8, 4) is 0 Å². The minimum absolute atomic E-state index is 0.108. The fourth-order valence-electron chi connectivity index (χ4n) is 2.34. The van der Waals surface area contributed by atoms with Crippen molar-refractivity contribution in [1.29, 1.82) is 0 Å². The average Bonchev–Trinajstić information content (AvgIpc) is 2.93. The Morgan fingerprint density at radius 3 is 2.78 bits per heavy atom. The molecule has 1 fully saturated rings. The molecule has 2 aromatic rings. The van der Waals surface area contributed by atoms with Gasteiger partial charge < -0.3 is 5.73 Å². The number of primary amides is 1. The summed E-state index contributed by atoms with van der Waals surface area (Å²) in [6, 6.07) is 7.18. The van der Waals surface area contributed by atoms with E-state index >= 15 is 0 Å². The Morgan fingerprint density at radius 1 is 1.28 bits per heavy atom. The quantitative estimate of drug-likeness (QED) is 0.854. The van der Waals surface area contributed by atoms with E-state index in [1.165, 1.54) is 0 Å². The molecule has 0 atom stereocenters. The van der Waals surface area contributed by atoms with Crippen LogP contribution in [0.3, 0.4) is 0 Å². The van der Waals surface area contributed by atoms with Crippen LogP contribution in [-0.2, 0) is 4.79 Å². The molecule has 18 heavy (non-hydrogen) atoms. The van der Waals surface area contributed by atoms with Crippen molar-refractivity contribution < 1.29 is 9.59 Å². The zero-order chi connectivity index (χ0) is 12.7. The van der Waals surface area contributed by atoms with E-state index in [0.717, 1.165) is 17.3 Å². The van der Waals surface area contributed by atoms with Gasteiger partial charge in [-0.25, -0.2) is 5.01 Å². The molecule has 1 aromatic heterocycles. The third kappa shape index (κ3) is 1.55. The van der Waals surface area contributed by atoms with Crippen molar-refractivity contribution in [2.45, 2.75) is 12.8 Å². The Balaban J connectivity index is 2.14. The molecule has 1 saturated heterocycles. The smallest absolute Gasteiger partial charge is 0.248 e. The highest BCUT2D eigenvalue weighted by Gasteiger charge is 2.22. The molecule has 0 bridgehead atoms. The van der Waals surface area contributed by atoms with Gasteiger partial charge >= 0.3 is 0 Å². The van der Waals surface area contributed by atoms with Crippen molar-refractivity contribution in [2.24, 2.45) is 5.73 Å². The zero-order valence-corrected chi connectivity index (χ0v) is 9.80. The topological polar surface area (TPSA) is 68.3 Å². The molecule has 1 aliphatic rings. The third-order valence-corrected chi connectivity index (χ3v) is 3.27. The minimum atomic E-state index is -0.461. The number of benzene rings is 1. The molecule has 1 aromatic carbocycles. The van der Waals surface area contributed by atoms with Crippen LogP contribution in [0.5, 0.6) is 0 Å². The van der Waals surface area contributed by atoms with Gasteiger partial charge in [0.2, 0.25) is 11.8 Å². The zero-order valence-electron chi connectivity index (χ0n) is 9.80. The van der Waals surface area contributed by atoms with Gasteiger partial charge in [0.25, 0.3) is 0 Å². The molecule has 0 aliphatic carbocycles. The maximum atomic E-state index is 11.7. The maximum absolute atomic E-state index is 11.7. The number of aromatic nitrogens is 1. The van der Waals surface area contributed by atoms with Crippen molar-refractivity contribution in [2.75, 3.05) is 11.6 Å². The molecule has 92 valence electrons. The fourth-order valence-corrected chi connectivity index (χ4v) is 2.34. The summed E-state index contributed by atoms with van der Waals surface area (Å²) in [6.07, 6.45) is 3.29. The Morgan fingerprint density at radius 2 is 2.11 bits per heavy atom. The number of hydrogen-bond acceptors (Lipinski definition) is 2. The van der Waals surface area contributed by atoms with Gasteiger partial charge in [0.1, 0.15) is 0 Å². The van der Waals surface area contributed by atoms with Crippen LogP contribution in [0.2, 0.25) is 0 Å². The molecule has 5 nitrogen and oxygen atoms in total. The number of carbonyl (C=O) groups excluding carboxylic acids is 2. The van der Waals surface area contributed by atoms with Crippen LogP contribution in [0.15, 0.2) is 30.5 Å². The Bertz CT molecular complexity index is 645. The molecule has 0 spiro atoms. The van der Waals surface area contributed by atoms with E-state index < -0.39 is 5.91 Å². The number of hydrogen-bond donors (Lipinski definition) is 1. The van der Waals surface area contributed by atoms with Gasteiger partial charge in [-0.1, -0.05) is 6.07 Å². The second kappa shape index (κ2) is 3.87. The summed E-state index contributed by atoms with van der Waals surface area (Å²) in [5.41, 5.74) is 6.56. The van der Waals surface area contributed by atoms with Crippen LogP contribution in [-0.4, -0.2) is 23.0 Å². The number of amides is 2. The lowest BCUT2D eigenvalue weighted by atomic mass is 10.1. The van der Waals surface area contributed by atoms with E-state index in [4.69, 9.17) is 5.73 Å². The summed E-state index contributed by atoms with van der Waals surface area (Å²) in [6.45, 7) is 0.712. The monoisotopic (exact) mass is 243 g/mol. The molecule has 0 unspecified atom stereocenters. The number of nitrogens with zero attached hydrogens (tertiary/aromatic N) is 2. The molecule has 2 N–H and O–H groups in total. The molecule has 5 heteroatoms. The van der Waals surface area contributed by atoms with Crippen LogP contribution < -0.4 is 10.7 Å². The standard InChI is InChI=1S/C13H13N3O2/c14-13(18)10-4-3-9-5-7-15(11(9)8-10)16-6-1-2-12(16)17/h3-5,7-8H,1-2,6H2,(H2,14,18). The summed E-state index contributed by atoms with van der Waals surface area (Å²) >= 11 is 0. The summed E-state index contributed by atoms with van der Waals surface area (Å²) in [5, 5.41) is 2.69. The molecular weight excluding hydrogens is 230 g/mol. The summed E-state index contributed by atoms with van der Waals surface area (Å²) in [7, 11) is 0. The van der Waals surface area contributed by atoms with E-state index in [1.807, 2.05) is 18.3 Å². The number of fused-ring (bicyclic) bond motifs is 1. The van der Waals surface area contributed by atoms with Crippen LogP contribution in [0.25, 0.3) is 10.9 Å². The first kappa shape index (κ1) is 10.8. The average molecular weight is 243 g/mol.